The lowest BCUT2D eigenvalue weighted by Crippen LogP contribution is -2.32. The molecule has 0 radical (unpaired) electrons. The van der Waals surface area contributed by atoms with Gasteiger partial charge in [0.1, 0.15) is 0 Å². The van der Waals surface area contributed by atoms with Crippen LogP contribution >= 0.6 is 0 Å². The van der Waals surface area contributed by atoms with Crippen molar-refractivity contribution in [1.29, 1.82) is 0 Å². The van der Waals surface area contributed by atoms with E-state index in [0.717, 1.165) is 19.4 Å². The monoisotopic (exact) mass is 279 g/mol. The van der Waals surface area contributed by atoms with Crippen LogP contribution in [0.3, 0.4) is 0 Å². The Labute approximate surface area is 126 Å². The van der Waals surface area contributed by atoms with Crippen molar-refractivity contribution in [3.05, 3.63) is 83.6 Å². The molecule has 0 aromatic heterocycles. The number of rotatable bonds is 4. The Morgan fingerprint density at radius 3 is 1.90 bits per heavy atom. The van der Waals surface area contributed by atoms with Crippen molar-refractivity contribution in [1.82, 2.24) is 0 Å². The van der Waals surface area contributed by atoms with Gasteiger partial charge in [0.25, 0.3) is 0 Å². The standard InChI is InChI=1S/C19H21NO/c20-19(17-12-7-13-21-14-17)18(15-8-3-1-4-9-15)16-10-5-2-6-11-16/h1-6,8-11,14,18-19H,7,12-13,20H2. The lowest BCUT2D eigenvalue weighted by atomic mass is 9.81. The Balaban J connectivity index is 1.98. The third-order valence-electron chi connectivity index (χ3n) is 4.07. The molecule has 1 atom stereocenters. The molecule has 108 valence electrons. The molecular weight excluding hydrogens is 258 g/mol. The number of ether oxygens (including phenoxy) is 1. The third-order valence-corrected chi connectivity index (χ3v) is 4.07. The van der Waals surface area contributed by atoms with Gasteiger partial charge in [-0.05, 0) is 29.5 Å². The first kappa shape index (κ1) is 13.9. The average Bonchev–Trinajstić information content (AvgIpc) is 2.58. The molecule has 0 spiro atoms. The van der Waals surface area contributed by atoms with Crippen LogP contribution in [0.4, 0.5) is 0 Å². The molecule has 2 N–H and O–H groups in total. The van der Waals surface area contributed by atoms with Gasteiger partial charge < -0.3 is 10.5 Å². The van der Waals surface area contributed by atoms with Gasteiger partial charge >= 0.3 is 0 Å². The summed E-state index contributed by atoms with van der Waals surface area (Å²) in [7, 11) is 0. The molecule has 2 aromatic rings. The number of benzene rings is 2. The molecule has 21 heavy (non-hydrogen) atoms. The van der Waals surface area contributed by atoms with Crippen LogP contribution in [-0.2, 0) is 4.74 Å². The molecule has 2 nitrogen and oxygen atoms in total. The van der Waals surface area contributed by atoms with E-state index >= 15 is 0 Å². The molecule has 0 fully saturated rings. The lowest BCUT2D eigenvalue weighted by molar-refractivity contribution is 0.220. The van der Waals surface area contributed by atoms with Crippen LogP contribution in [0.25, 0.3) is 0 Å². The maximum absolute atomic E-state index is 6.61. The maximum Gasteiger partial charge on any atom is 0.0876 e. The second-order valence-electron chi connectivity index (χ2n) is 5.49. The smallest absolute Gasteiger partial charge is 0.0876 e. The highest BCUT2D eigenvalue weighted by Crippen LogP contribution is 2.32. The van der Waals surface area contributed by atoms with Crippen LogP contribution in [0.15, 0.2) is 72.5 Å². The molecule has 1 unspecified atom stereocenters. The van der Waals surface area contributed by atoms with Crippen molar-refractivity contribution < 1.29 is 4.74 Å². The molecule has 0 aliphatic carbocycles. The largest absolute Gasteiger partial charge is 0.501 e. The predicted molar refractivity (Wildman–Crippen MR) is 86.0 cm³/mol. The summed E-state index contributed by atoms with van der Waals surface area (Å²) in [5.41, 5.74) is 10.3. The molecule has 1 heterocycles. The molecule has 0 saturated heterocycles. The minimum atomic E-state index is -0.0462. The summed E-state index contributed by atoms with van der Waals surface area (Å²) in [5.74, 6) is 0.167. The van der Waals surface area contributed by atoms with E-state index < -0.39 is 0 Å². The van der Waals surface area contributed by atoms with Gasteiger partial charge in [-0.25, -0.2) is 0 Å². The Kier molecular flexibility index (Phi) is 4.37. The Morgan fingerprint density at radius 1 is 0.857 bits per heavy atom. The fourth-order valence-electron chi connectivity index (χ4n) is 2.97. The molecule has 2 aromatic carbocycles. The summed E-state index contributed by atoms with van der Waals surface area (Å²) in [4.78, 5) is 0. The third kappa shape index (κ3) is 3.17. The summed E-state index contributed by atoms with van der Waals surface area (Å²) in [6.07, 6.45) is 3.94. The zero-order valence-electron chi connectivity index (χ0n) is 12.1. The van der Waals surface area contributed by atoms with Crippen molar-refractivity contribution in [3.63, 3.8) is 0 Å². The fraction of sp³-hybridized carbons (Fsp3) is 0.263. The highest BCUT2D eigenvalue weighted by molar-refractivity contribution is 5.37. The Morgan fingerprint density at radius 2 is 1.43 bits per heavy atom. The summed E-state index contributed by atoms with van der Waals surface area (Å²) < 4.78 is 5.48. The summed E-state index contributed by atoms with van der Waals surface area (Å²) >= 11 is 0. The predicted octanol–water partition coefficient (Wildman–Crippen LogP) is 3.84. The van der Waals surface area contributed by atoms with Crippen LogP contribution in [0.2, 0.25) is 0 Å². The van der Waals surface area contributed by atoms with Crippen molar-refractivity contribution >= 4 is 0 Å². The van der Waals surface area contributed by atoms with Gasteiger partial charge in [-0.2, -0.15) is 0 Å². The van der Waals surface area contributed by atoms with Crippen LogP contribution in [0.1, 0.15) is 29.9 Å². The van der Waals surface area contributed by atoms with E-state index in [-0.39, 0.29) is 12.0 Å². The van der Waals surface area contributed by atoms with E-state index in [1.165, 1.54) is 16.7 Å². The normalized spacial score (nSPS) is 16.2. The summed E-state index contributed by atoms with van der Waals surface area (Å²) in [6, 6.07) is 20.9. The molecular formula is C19H21NO. The summed E-state index contributed by atoms with van der Waals surface area (Å²) in [6.45, 7) is 0.803. The lowest BCUT2D eigenvalue weighted by Gasteiger charge is -2.28. The molecule has 1 aliphatic heterocycles. The van der Waals surface area contributed by atoms with Gasteiger partial charge in [-0.3, -0.25) is 0 Å². The van der Waals surface area contributed by atoms with E-state index in [9.17, 15) is 0 Å². The van der Waals surface area contributed by atoms with E-state index in [1.54, 1.807) is 0 Å². The van der Waals surface area contributed by atoms with Crippen molar-refractivity contribution in [2.75, 3.05) is 6.61 Å². The van der Waals surface area contributed by atoms with Gasteiger partial charge in [0, 0.05) is 12.0 Å². The zero-order valence-corrected chi connectivity index (χ0v) is 12.1. The van der Waals surface area contributed by atoms with Gasteiger partial charge in [-0.1, -0.05) is 60.7 Å². The fourth-order valence-corrected chi connectivity index (χ4v) is 2.97. The van der Waals surface area contributed by atoms with Crippen LogP contribution in [-0.4, -0.2) is 12.6 Å². The van der Waals surface area contributed by atoms with Gasteiger partial charge in [0.2, 0.25) is 0 Å². The average molecular weight is 279 g/mol. The first-order valence-electron chi connectivity index (χ1n) is 7.52. The van der Waals surface area contributed by atoms with Crippen molar-refractivity contribution in [2.24, 2.45) is 5.73 Å². The Hall–Kier alpha value is -2.06. The van der Waals surface area contributed by atoms with E-state index in [0.29, 0.717) is 0 Å². The second-order valence-corrected chi connectivity index (χ2v) is 5.49. The minimum Gasteiger partial charge on any atom is -0.501 e. The quantitative estimate of drug-likeness (QED) is 0.923. The highest BCUT2D eigenvalue weighted by atomic mass is 16.5. The molecule has 0 amide bonds. The topological polar surface area (TPSA) is 35.2 Å². The molecule has 1 aliphatic rings. The van der Waals surface area contributed by atoms with E-state index in [4.69, 9.17) is 10.5 Å². The SMILES string of the molecule is NC(C1=COCCC1)C(c1ccccc1)c1ccccc1. The van der Waals surface area contributed by atoms with Crippen LogP contribution in [0.5, 0.6) is 0 Å². The number of hydrogen-bond donors (Lipinski definition) is 1. The number of hydrogen-bond acceptors (Lipinski definition) is 2. The van der Waals surface area contributed by atoms with Gasteiger partial charge in [0.05, 0.1) is 12.9 Å². The van der Waals surface area contributed by atoms with Crippen molar-refractivity contribution in [3.8, 4) is 0 Å². The molecule has 2 heteroatoms. The number of nitrogens with two attached hydrogens (primary N) is 1. The van der Waals surface area contributed by atoms with Gasteiger partial charge in [0.15, 0.2) is 0 Å². The highest BCUT2D eigenvalue weighted by Gasteiger charge is 2.25. The van der Waals surface area contributed by atoms with Crippen LogP contribution < -0.4 is 5.73 Å². The van der Waals surface area contributed by atoms with Crippen molar-refractivity contribution in [2.45, 2.75) is 24.8 Å². The molecule has 3 rings (SSSR count). The first-order valence-corrected chi connectivity index (χ1v) is 7.52. The van der Waals surface area contributed by atoms with E-state index in [1.807, 2.05) is 18.4 Å². The Bertz CT molecular complexity index is 552. The van der Waals surface area contributed by atoms with Gasteiger partial charge in [-0.15, -0.1) is 0 Å². The first-order chi connectivity index (χ1) is 10.4. The zero-order chi connectivity index (χ0) is 14.5. The molecule has 0 bridgehead atoms. The summed E-state index contributed by atoms with van der Waals surface area (Å²) in [5, 5.41) is 0. The van der Waals surface area contributed by atoms with Crippen LogP contribution in [0, 0.1) is 0 Å². The second kappa shape index (κ2) is 6.59. The van der Waals surface area contributed by atoms with E-state index in [2.05, 4.69) is 48.5 Å². The maximum atomic E-state index is 6.61. The molecule has 0 saturated carbocycles. The minimum absolute atomic E-state index is 0.0462.